The highest BCUT2D eigenvalue weighted by Crippen LogP contribution is 2.66. The van der Waals surface area contributed by atoms with Crippen molar-refractivity contribution in [3.8, 4) is 69.0 Å². The average molecular weight is 923 g/mol. The number of ether oxygens (including phenoxy) is 6. The van der Waals surface area contributed by atoms with Crippen LogP contribution in [-0.2, 0) is 10.8 Å². The fourth-order valence-corrected chi connectivity index (χ4v) is 19.2. The average Bonchev–Trinajstić information content (AvgIpc) is 3.36. The molecule has 8 aliphatic carbocycles. The van der Waals surface area contributed by atoms with Crippen LogP contribution in [0.1, 0.15) is 88.2 Å². The van der Waals surface area contributed by atoms with Gasteiger partial charge in [0.2, 0.25) is 0 Å². The van der Waals surface area contributed by atoms with Crippen LogP contribution in [0.2, 0.25) is 0 Å². The first-order valence-electron chi connectivity index (χ1n) is 27.1. The second-order valence-corrected chi connectivity index (χ2v) is 24.6. The molecule has 7 aromatic rings. The summed E-state index contributed by atoms with van der Waals surface area (Å²) in [5.41, 5.74) is 13.3. The summed E-state index contributed by atoms with van der Waals surface area (Å²) >= 11 is 0. The lowest BCUT2D eigenvalue weighted by molar-refractivity contribution is -0.00681. The second kappa shape index (κ2) is 12.9. The number of benzene rings is 7. The Bertz CT molecular complexity index is 3330. The van der Waals surface area contributed by atoms with Crippen LogP contribution in [0.3, 0.4) is 0 Å². The first kappa shape index (κ1) is 38.2. The molecule has 0 radical (unpaired) electrons. The van der Waals surface area contributed by atoms with Crippen molar-refractivity contribution in [3.05, 3.63) is 126 Å². The monoisotopic (exact) mass is 922 g/mol. The fraction of sp³-hybridized carbons (Fsp3) is 0.323. The molecular formula is C62H49B3O6. The molecule has 0 unspecified atom stereocenters. The standard InChI is InChI=1S/C62H49B3O6/c1-3-10-44-38(8-1)63-40-24-42-59(52(57(40)68-48-14-5-12-46(66-44)54(48)63)61-26-32-18-33(27-61)20-34(19-32)28-61)70-50-16-7-17-51-56(50)65(42)43-25-41-58(53(60(43)71-51)62-29-35-21-36(30-62)23-37(22-35)31-62)69-49-15-6-13-47-55(49)64(41)39-9-2-4-11-45(39)67-47/h1-17,24-25,32-37H,18-23,26-31H2. The number of rotatable bonds is 2. The summed E-state index contributed by atoms with van der Waals surface area (Å²) in [7, 11) is 0. The molecule has 14 aliphatic rings. The third-order valence-corrected chi connectivity index (χ3v) is 20.7. The normalized spacial score (nSPS) is 29.4. The van der Waals surface area contributed by atoms with Gasteiger partial charge >= 0.3 is 0 Å². The zero-order chi connectivity index (χ0) is 45.6. The molecule has 0 N–H and O–H groups in total. The third-order valence-electron chi connectivity index (χ3n) is 20.7. The Labute approximate surface area is 414 Å². The molecule has 6 aliphatic heterocycles. The highest BCUT2D eigenvalue weighted by molar-refractivity contribution is 7.02. The molecule has 0 aromatic heterocycles. The van der Waals surface area contributed by atoms with Gasteiger partial charge in [0.15, 0.2) is 0 Å². The Balaban J connectivity index is 0.930. The zero-order valence-electron chi connectivity index (χ0n) is 39.6. The van der Waals surface area contributed by atoms with E-state index in [0.29, 0.717) is 0 Å². The summed E-state index contributed by atoms with van der Waals surface area (Å²) < 4.78 is 43.9. The SMILES string of the molecule is c1ccc2c(c1)Oc1cccc3c1B2c1cc2c(c(C45CC6CC(CC(C6)C4)C5)c1O3)Oc1cccc3c1B2c1cc2c(c(C45CC6CC(CC(C6)C4)C5)c1O3)Oc1cccc3c1B2c1ccccc1O3. The lowest BCUT2D eigenvalue weighted by Crippen LogP contribution is -2.64. The van der Waals surface area contributed by atoms with Crippen molar-refractivity contribution in [2.24, 2.45) is 35.5 Å². The van der Waals surface area contributed by atoms with Crippen LogP contribution in [-0.4, -0.2) is 20.1 Å². The van der Waals surface area contributed by atoms with Crippen LogP contribution in [0.15, 0.2) is 115 Å². The van der Waals surface area contributed by atoms with Gasteiger partial charge in [0.25, 0.3) is 20.1 Å². The summed E-state index contributed by atoms with van der Waals surface area (Å²) in [6, 6.07) is 41.9. The molecule has 0 spiro atoms. The van der Waals surface area contributed by atoms with Crippen molar-refractivity contribution in [1.82, 2.24) is 0 Å². The molecule has 6 heterocycles. The van der Waals surface area contributed by atoms with Gasteiger partial charge in [0.05, 0.1) is 0 Å². The Kier molecular flexibility index (Phi) is 6.97. The molecule has 9 heteroatoms. The highest BCUT2D eigenvalue weighted by Gasteiger charge is 2.60. The van der Waals surface area contributed by atoms with E-state index < -0.39 is 0 Å². The first-order valence-corrected chi connectivity index (χ1v) is 27.1. The molecule has 21 rings (SSSR count). The summed E-state index contributed by atoms with van der Waals surface area (Å²) in [4.78, 5) is 0. The fourth-order valence-electron chi connectivity index (χ4n) is 19.2. The summed E-state index contributed by atoms with van der Waals surface area (Å²) in [5, 5.41) is 0. The Morgan fingerprint density at radius 2 is 0.563 bits per heavy atom. The first-order chi connectivity index (χ1) is 35.0. The van der Waals surface area contributed by atoms with Gasteiger partial charge < -0.3 is 28.4 Å². The summed E-state index contributed by atoms with van der Waals surface area (Å²) in [6.07, 6.45) is 15.3. The maximum atomic E-state index is 7.67. The van der Waals surface area contributed by atoms with Gasteiger partial charge in [-0.05, 0) is 194 Å². The molecule has 71 heavy (non-hydrogen) atoms. The largest absolute Gasteiger partial charge is 0.458 e. The minimum absolute atomic E-state index is 0.0486. The number of hydrogen-bond acceptors (Lipinski definition) is 6. The van der Waals surface area contributed by atoms with Gasteiger partial charge in [-0.2, -0.15) is 0 Å². The van der Waals surface area contributed by atoms with Gasteiger partial charge in [-0.15, -0.1) is 0 Å². The smallest absolute Gasteiger partial charge is 0.260 e. The van der Waals surface area contributed by atoms with E-state index >= 15 is 0 Å². The minimum atomic E-state index is -0.150. The molecule has 0 atom stereocenters. The second-order valence-electron chi connectivity index (χ2n) is 24.6. The van der Waals surface area contributed by atoms with Crippen LogP contribution < -0.4 is 77.6 Å². The molecule has 6 nitrogen and oxygen atoms in total. The molecule has 7 aromatic carbocycles. The van der Waals surface area contributed by atoms with Gasteiger partial charge in [-0.1, -0.05) is 66.7 Å². The Hall–Kier alpha value is -6.47. The number of fused-ring (bicyclic) bond motifs is 12. The molecule has 0 saturated heterocycles. The molecule has 342 valence electrons. The van der Waals surface area contributed by atoms with E-state index in [-0.39, 0.29) is 31.0 Å². The van der Waals surface area contributed by atoms with Gasteiger partial charge in [-0.25, -0.2) is 0 Å². The summed E-state index contributed by atoms with van der Waals surface area (Å²) in [5.74, 6) is 15.7. The predicted molar refractivity (Wildman–Crippen MR) is 279 cm³/mol. The highest BCUT2D eigenvalue weighted by atomic mass is 16.5. The maximum Gasteiger partial charge on any atom is 0.260 e. The predicted octanol–water partition coefficient (Wildman–Crippen LogP) is 8.81. The molecule has 0 amide bonds. The van der Waals surface area contributed by atoms with Crippen molar-refractivity contribution >= 4 is 69.3 Å². The Morgan fingerprint density at radius 3 is 0.887 bits per heavy atom. The van der Waals surface area contributed by atoms with E-state index in [1.807, 2.05) is 0 Å². The number of hydrogen-bond donors (Lipinski definition) is 0. The van der Waals surface area contributed by atoms with Crippen molar-refractivity contribution in [3.63, 3.8) is 0 Å². The van der Waals surface area contributed by atoms with Crippen molar-refractivity contribution < 1.29 is 28.4 Å². The van der Waals surface area contributed by atoms with E-state index in [0.717, 1.165) is 121 Å². The molecule has 8 fully saturated rings. The van der Waals surface area contributed by atoms with Crippen molar-refractivity contribution in [1.29, 1.82) is 0 Å². The van der Waals surface area contributed by atoms with E-state index in [9.17, 15) is 0 Å². The third kappa shape index (κ3) is 4.81. The van der Waals surface area contributed by atoms with Crippen LogP contribution >= 0.6 is 0 Å². The van der Waals surface area contributed by atoms with Crippen molar-refractivity contribution in [2.75, 3.05) is 0 Å². The van der Waals surface area contributed by atoms with Gasteiger partial charge in [0, 0.05) is 38.3 Å². The maximum absolute atomic E-state index is 7.67. The van der Waals surface area contributed by atoms with Gasteiger partial charge in [-0.3, -0.25) is 0 Å². The van der Waals surface area contributed by atoms with E-state index in [1.54, 1.807) is 0 Å². The molecule has 8 bridgehead atoms. The van der Waals surface area contributed by atoms with E-state index in [4.69, 9.17) is 28.4 Å². The quantitative estimate of drug-likeness (QED) is 0.162. The van der Waals surface area contributed by atoms with Crippen LogP contribution in [0, 0.1) is 35.5 Å². The lowest BCUT2D eigenvalue weighted by atomic mass is 9.29. The minimum Gasteiger partial charge on any atom is -0.458 e. The summed E-state index contributed by atoms with van der Waals surface area (Å²) in [6.45, 7) is -0.267. The zero-order valence-corrected chi connectivity index (χ0v) is 39.6. The van der Waals surface area contributed by atoms with E-state index in [2.05, 4.69) is 115 Å². The molecule has 8 saturated carbocycles. The Morgan fingerprint density at radius 1 is 0.296 bits per heavy atom. The topological polar surface area (TPSA) is 55.4 Å². The van der Waals surface area contributed by atoms with E-state index in [1.165, 1.54) is 121 Å². The van der Waals surface area contributed by atoms with Crippen molar-refractivity contribution in [2.45, 2.75) is 87.9 Å². The number of para-hydroxylation sites is 2. The van der Waals surface area contributed by atoms with Crippen LogP contribution in [0.4, 0.5) is 0 Å². The van der Waals surface area contributed by atoms with Crippen LogP contribution in [0.25, 0.3) is 0 Å². The van der Waals surface area contributed by atoms with Gasteiger partial charge in [0.1, 0.15) is 69.0 Å². The van der Waals surface area contributed by atoms with Crippen LogP contribution in [0.5, 0.6) is 69.0 Å². The molecular weight excluding hydrogens is 873 g/mol. The lowest BCUT2D eigenvalue weighted by Gasteiger charge is -2.58.